The van der Waals surface area contributed by atoms with E-state index in [-0.39, 0.29) is 53.5 Å². The Morgan fingerprint density at radius 2 is 1.12 bits per heavy atom. The van der Waals surface area contributed by atoms with E-state index in [0.29, 0.717) is 13.1 Å². The van der Waals surface area contributed by atoms with Crippen LogP contribution >= 0.6 is 0 Å². The molecule has 4 aliphatic carbocycles. The average Bonchev–Trinajstić information content (AvgIpc) is 4.14. The van der Waals surface area contributed by atoms with Gasteiger partial charge in [0, 0.05) is 13.1 Å². The number of ether oxygens (including phenoxy) is 2. The molecule has 2 aliphatic heterocycles. The molecule has 7 unspecified atom stereocenters. The summed E-state index contributed by atoms with van der Waals surface area (Å²) in [5.74, 6) is 1.77. The van der Waals surface area contributed by atoms with Crippen molar-refractivity contribution in [1.29, 1.82) is 0 Å². The molecule has 6 aliphatic rings. The fourth-order valence-electron chi connectivity index (χ4n) is 10.9. The van der Waals surface area contributed by atoms with Gasteiger partial charge in [-0.15, -0.1) is 0 Å². The SMILES string of the molecule is COC(=O)NC(C(=O)N1CC(C)CC1c1nc2ccc(-c3cc4ccc3CCc3ccc(c(-c5ccc6nc(C7CC(C)CN7C(=O)C(NC(=O)OC)C(C)C)[nH]c6c5)c3)CC4C)cc2[nH]1)C(C)C. The van der Waals surface area contributed by atoms with Crippen molar-refractivity contribution in [2.24, 2.45) is 23.7 Å². The van der Waals surface area contributed by atoms with Gasteiger partial charge in [-0.25, -0.2) is 19.6 Å². The zero-order chi connectivity index (χ0) is 48.8. The van der Waals surface area contributed by atoms with Crippen molar-refractivity contribution < 1.29 is 28.7 Å². The molecule has 362 valence electrons. The molecular formula is C55H66N8O6. The van der Waals surface area contributed by atoms with Gasteiger partial charge in [-0.1, -0.05) is 97.0 Å². The fourth-order valence-corrected chi connectivity index (χ4v) is 10.9. The van der Waals surface area contributed by atoms with Crippen LogP contribution in [0.15, 0.2) is 72.8 Å². The van der Waals surface area contributed by atoms with Crippen molar-refractivity contribution in [2.75, 3.05) is 27.3 Å². The van der Waals surface area contributed by atoms with Gasteiger partial charge in [0.1, 0.15) is 23.7 Å². The monoisotopic (exact) mass is 935 g/mol. The summed E-state index contributed by atoms with van der Waals surface area (Å²) in [5.41, 5.74) is 13.3. The number of aromatic nitrogens is 4. The molecule has 12 rings (SSSR count). The van der Waals surface area contributed by atoms with E-state index in [0.717, 1.165) is 76.9 Å². The Balaban J connectivity index is 0.968. The lowest BCUT2D eigenvalue weighted by Crippen LogP contribution is -2.51. The minimum atomic E-state index is -0.707. The first-order valence-corrected chi connectivity index (χ1v) is 24.6. The van der Waals surface area contributed by atoms with E-state index in [1.165, 1.54) is 47.6 Å². The molecule has 0 radical (unpaired) electrons. The van der Waals surface area contributed by atoms with Crippen molar-refractivity contribution in [2.45, 2.75) is 111 Å². The summed E-state index contributed by atoms with van der Waals surface area (Å²) in [6.45, 7) is 15.5. The van der Waals surface area contributed by atoms with Crippen molar-refractivity contribution >= 4 is 46.1 Å². The van der Waals surface area contributed by atoms with Crippen LogP contribution in [-0.2, 0) is 38.3 Å². The predicted octanol–water partition coefficient (Wildman–Crippen LogP) is 9.80. The molecule has 4 heterocycles. The smallest absolute Gasteiger partial charge is 0.407 e. The number of aryl methyl sites for hydroxylation is 2. The minimum Gasteiger partial charge on any atom is -0.453 e. The van der Waals surface area contributed by atoms with Gasteiger partial charge in [0.15, 0.2) is 0 Å². The molecule has 2 aromatic heterocycles. The highest BCUT2D eigenvalue weighted by molar-refractivity contribution is 5.89. The number of rotatable bonds is 10. The summed E-state index contributed by atoms with van der Waals surface area (Å²) in [4.78, 5) is 73.4. The molecule has 4 amide bonds. The van der Waals surface area contributed by atoms with Crippen LogP contribution in [0.25, 0.3) is 44.3 Å². The highest BCUT2D eigenvalue weighted by Crippen LogP contribution is 2.40. The number of hydrogen-bond acceptors (Lipinski definition) is 8. The standard InChI is InChI=1S/C55H66N8O6/c1-29(2)48(60-54(66)68-8)52(64)62-27-31(5)20-46(62)50-56-42-18-16-38(25-44(42)58-50)40-23-34-10-12-35-14-15-36(33(7)22-37(40)13-11-34)24-41(35)39-17-19-43-45(26-39)59-51(57-43)47-21-32(6)28-63(47)53(65)49(30(3)4)61-55(67)69-9/h11,13-19,23-26,29-33,46-49H,10,12,20-22,27-28H2,1-9H3,(H,56,58)(H,57,59)(H,60,66)(H,61,67). The molecule has 4 bridgehead atoms. The van der Waals surface area contributed by atoms with Gasteiger partial charge in [0.25, 0.3) is 0 Å². The summed E-state index contributed by atoms with van der Waals surface area (Å²) < 4.78 is 9.69. The normalized spacial score (nSPS) is 21.2. The van der Waals surface area contributed by atoms with Crippen LogP contribution in [0.5, 0.6) is 0 Å². The van der Waals surface area contributed by atoms with Crippen LogP contribution in [-0.4, -0.2) is 93.1 Å². The number of methoxy groups -OCH3 is 2. The third-order valence-electron chi connectivity index (χ3n) is 14.7. The number of aromatic amines is 2. The van der Waals surface area contributed by atoms with Gasteiger partial charge in [-0.05, 0) is 130 Å². The topological polar surface area (TPSA) is 175 Å². The Hall–Kier alpha value is -6.70. The zero-order valence-electron chi connectivity index (χ0n) is 41.3. The van der Waals surface area contributed by atoms with Crippen molar-refractivity contribution in [3.8, 4) is 22.3 Å². The van der Waals surface area contributed by atoms with E-state index in [2.05, 4.69) is 114 Å². The molecule has 14 nitrogen and oxygen atoms in total. The number of nitrogens with one attached hydrogen (secondary N) is 4. The van der Waals surface area contributed by atoms with E-state index in [1.54, 1.807) is 0 Å². The lowest BCUT2D eigenvalue weighted by molar-refractivity contribution is -0.136. The maximum absolute atomic E-state index is 14.0. The first kappa shape index (κ1) is 47.4. The minimum absolute atomic E-state index is 0.120. The van der Waals surface area contributed by atoms with Crippen molar-refractivity contribution in [3.63, 3.8) is 0 Å². The molecule has 14 heteroatoms. The first-order chi connectivity index (χ1) is 33.1. The second-order valence-corrected chi connectivity index (χ2v) is 20.6. The maximum atomic E-state index is 14.0. The largest absolute Gasteiger partial charge is 0.453 e. The Kier molecular flexibility index (Phi) is 13.3. The van der Waals surface area contributed by atoms with Crippen LogP contribution in [0.1, 0.15) is 113 Å². The number of alkyl carbamates (subject to hydrolysis) is 2. The van der Waals surface area contributed by atoms with Gasteiger partial charge in [0.05, 0.1) is 48.4 Å². The van der Waals surface area contributed by atoms with Crippen molar-refractivity contribution in [3.05, 3.63) is 107 Å². The molecule has 7 atom stereocenters. The lowest BCUT2D eigenvalue weighted by atomic mass is 9.84. The predicted molar refractivity (Wildman–Crippen MR) is 267 cm³/mol. The van der Waals surface area contributed by atoms with Crippen LogP contribution in [0.2, 0.25) is 0 Å². The Labute approximate surface area is 404 Å². The van der Waals surface area contributed by atoms with Crippen LogP contribution < -0.4 is 10.6 Å². The second kappa shape index (κ2) is 19.4. The van der Waals surface area contributed by atoms with E-state index in [9.17, 15) is 19.2 Å². The van der Waals surface area contributed by atoms with Gasteiger partial charge in [-0.3, -0.25) is 9.59 Å². The number of nitrogens with zero attached hydrogens (tertiary/aromatic N) is 4. The lowest BCUT2D eigenvalue weighted by Gasteiger charge is -2.30. The van der Waals surface area contributed by atoms with Crippen LogP contribution in [0, 0.1) is 23.7 Å². The number of H-pyrrole nitrogens is 2. The Morgan fingerprint density at radius 1 is 0.623 bits per heavy atom. The highest BCUT2D eigenvalue weighted by atomic mass is 16.5. The zero-order valence-corrected chi connectivity index (χ0v) is 41.3. The molecule has 4 aromatic carbocycles. The first-order valence-electron chi connectivity index (χ1n) is 24.6. The number of fused-ring (bicyclic) bond motifs is 2. The third kappa shape index (κ3) is 9.54. The molecule has 4 N–H and O–H groups in total. The fraction of sp³-hybridized carbons (Fsp3) is 0.455. The quantitative estimate of drug-likeness (QED) is 0.105. The van der Waals surface area contributed by atoms with E-state index >= 15 is 0 Å². The summed E-state index contributed by atoms with van der Waals surface area (Å²) in [5, 5.41) is 5.51. The van der Waals surface area contributed by atoms with Gasteiger partial charge in [0.2, 0.25) is 11.8 Å². The number of carbonyl (C=O) groups excluding carboxylic acids is 4. The van der Waals surface area contributed by atoms with Gasteiger partial charge >= 0.3 is 12.2 Å². The maximum Gasteiger partial charge on any atom is 0.407 e. The van der Waals surface area contributed by atoms with E-state index in [1.807, 2.05) is 37.5 Å². The average molecular weight is 935 g/mol. The molecule has 0 saturated carbocycles. The second-order valence-electron chi connectivity index (χ2n) is 20.6. The molecule has 2 saturated heterocycles. The number of benzene rings is 4. The van der Waals surface area contributed by atoms with Crippen LogP contribution in [0.3, 0.4) is 0 Å². The number of amides is 4. The molecule has 0 spiro atoms. The number of hydrogen-bond donors (Lipinski definition) is 4. The number of carbonyl (C=O) groups is 4. The van der Waals surface area contributed by atoms with Gasteiger partial charge in [-0.2, -0.15) is 0 Å². The third-order valence-corrected chi connectivity index (χ3v) is 14.7. The van der Waals surface area contributed by atoms with E-state index in [4.69, 9.17) is 19.4 Å². The summed E-state index contributed by atoms with van der Waals surface area (Å²) in [6, 6.07) is 24.9. The summed E-state index contributed by atoms with van der Waals surface area (Å²) in [6.07, 6.45) is 2.87. The molecule has 69 heavy (non-hydrogen) atoms. The highest BCUT2D eigenvalue weighted by Gasteiger charge is 2.42. The Morgan fingerprint density at radius 3 is 1.61 bits per heavy atom. The molecular weight excluding hydrogens is 869 g/mol. The Bertz CT molecular complexity index is 2920. The van der Waals surface area contributed by atoms with E-state index < -0.39 is 24.3 Å². The molecule has 2 fully saturated rings. The summed E-state index contributed by atoms with van der Waals surface area (Å²) >= 11 is 0. The molecule has 6 aromatic rings. The number of imidazole rings is 2. The van der Waals surface area contributed by atoms with Crippen LogP contribution in [0.4, 0.5) is 9.59 Å². The summed E-state index contributed by atoms with van der Waals surface area (Å²) in [7, 11) is 2.61. The van der Waals surface area contributed by atoms with Crippen molar-refractivity contribution in [1.82, 2.24) is 40.4 Å². The van der Waals surface area contributed by atoms with Gasteiger partial charge < -0.3 is 39.9 Å². The number of likely N-dealkylation sites (tertiary alicyclic amines) is 2.